The summed E-state index contributed by atoms with van der Waals surface area (Å²) in [5, 5.41) is 7.38. The van der Waals surface area contributed by atoms with Crippen molar-refractivity contribution >= 4 is 126 Å². The number of benzene rings is 8. The maximum Gasteiger partial charge on any atom is 0.416 e. The molecule has 560 valence electrons. The van der Waals surface area contributed by atoms with Crippen LogP contribution in [0.4, 0.5) is 41.1 Å². The van der Waals surface area contributed by atoms with Crippen LogP contribution >= 0.6 is 58.0 Å². The molecule has 12 aromatic rings. The highest BCUT2D eigenvalue weighted by atomic mass is 35.5. The van der Waals surface area contributed by atoms with E-state index in [4.69, 9.17) is 77.0 Å². The Kier molecular flexibility index (Phi) is 23.0. The predicted molar refractivity (Wildman–Crippen MR) is 411 cm³/mol. The molecule has 0 saturated heterocycles. The highest BCUT2D eigenvalue weighted by molar-refractivity contribution is 6.32. The van der Waals surface area contributed by atoms with Gasteiger partial charge >= 0.3 is 30.5 Å². The summed E-state index contributed by atoms with van der Waals surface area (Å²) < 4.78 is 88.4. The molecule has 0 spiro atoms. The Bertz CT molecular complexity index is 5340. The Morgan fingerprint density at radius 2 is 0.722 bits per heavy atom. The van der Waals surface area contributed by atoms with E-state index in [9.17, 15) is 41.1 Å². The van der Waals surface area contributed by atoms with Crippen LogP contribution in [0.5, 0.6) is 0 Å². The van der Waals surface area contributed by atoms with Gasteiger partial charge in [0.2, 0.25) is 0 Å². The molecule has 16 nitrogen and oxygen atoms in total. The second-order valence-electron chi connectivity index (χ2n) is 26.5. The molecule has 108 heavy (non-hydrogen) atoms. The average molecular weight is 1570 g/mol. The van der Waals surface area contributed by atoms with Crippen LogP contribution in [0.3, 0.4) is 0 Å². The summed E-state index contributed by atoms with van der Waals surface area (Å²) >= 11 is 30.8. The number of ether oxygens (including phenoxy) is 4. The summed E-state index contributed by atoms with van der Waals surface area (Å²) in [4.78, 5) is 70.6. The van der Waals surface area contributed by atoms with E-state index in [0.29, 0.717) is 82.5 Å². The molecule has 8 heterocycles. The van der Waals surface area contributed by atoms with Crippen molar-refractivity contribution in [3.8, 4) is 0 Å². The first-order valence-corrected chi connectivity index (χ1v) is 37.2. The van der Waals surface area contributed by atoms with E-state index in [1.54, 1.807) is 41.8 Å². The van der Waals surface area contributed by atoms with Crippen LogP contribution in [0.15, 0.2) is 170 Å². The number of rotatable bonds is 8. The Hall–Kier alpha value is -9.90. The number of amides is 4. The summed E-state index contributed by atoms with van der Waals surface area (Å²) in [6.07, 6.45) is -3.62. The van der Waals surface area contributed by atoms with Gasteiger partial charge in [-0.25, -0.2) is 28.0 Å². The molecule has 4 atom stereocenters. The number of nitrogens with zero attached hydrogens (tertiary/aromatic N) is 4. The minimum absolute atomic E-state index is 0.175. The lowest BCUT2D eigenvalue weighted by molar-refractivity contribution is -0.137. The van der Waals surface area contributed by atoms with Crippen molar-refractivity contribution in [3.63, 3.8) is 0 Å². The molecule has 4 N–H and O–H groups in total. The van der Waals surface area contributed by atoms with Gasteiger partial charge in [-0.15, -0.1) is 0 Å². The fraction of sp³-hybridized carbons (Fsp3) is 0.268. The van der Waals surface area contributed by atoms with Crippen molar-refractivity contribution in [1.29, 1.82) is 0 Å². The maximum absolute atomic E-state index is 13.9. The first-order valence-electron chi connectivity index (χ1n) is 35.3. The Labute approximate surface area is 643 Å². The summed E-state index contributed by atoms with van der Waals surface area (Å²) in [7, 11) is 0. The number of carbonyl (C=O) groups excluding carboxylic acids is 4. The van der Waals surface area contributed by atoms with Crippen molar-refractivity contribution in [2.24, 2.45) is 0 Å². The summed E-state index contributed by atoms with van der Waals surface area (Å²) in [6.45, 7) is 11.7. The van der Waals surface area contributed by atoms with Gasteiger partial charge in [0.1, 0.15) is 24.2 Å². The third kappa shape index (κ3) is 15.9. The van der Waals surface area contributed by atoms with Gasteiger partial charge in [-0.2, -0.15) is 13.2 Å². The first-order chi connectivity index (χ1) is 51.9. The van der Waals surface area contributed by atoms with E-state index in [1.165, 1.54) is 33.1 Å². The van der Waals surface area contributed by atoms with Crippen LogP contribution in [0, 0.1) is 11.6 Å². The van der Waals surface area contributed by atoms with Gasteiger partial charge < -0.3 is 38.9 Å². The van der Waals surface area contributed by atoms with Crippen LogP contribution in [-0.4, -0.2) is 116 Å². The van der Waals surface area contributed by atoms with Crippen molar-refractivity contribution in [2.75, 3.05) is 46.0 Å². The Balaban J connectivity index is 0.000000127. The number of halogens is 10. The van der Waals surface area contributed by atoms with Crippen LogP contribution in [0.2, 0.25) is 25.1 Å². The topological polar surface area (TPSA) is 181 Å². The van der Waals surface area contributed by atoms with E-state index in [-0.39, 0.29) is 43.6 Å². The van der Waals surface area contributed by atoms with E-state index in [1.807, 2.05) is 136 Å². The number of aromatic amines is 4. The maximum atomic E-state index is 13.9. The van der Waals surface area contributed by atoms with E-state index in [2.05, 4.69) is 19.9 Å². The average Bonchev–Trinajstić information content (AvgIpc) is 1.61. The minimum Gasteiger partial charge on any atom is -0.450 e. The molecule has 4 aromatic heterocycles. The zero-order valence-corrected chi connectivity index (χ0v) is 62.9. The molecule has 0 saturated carbocycles. The molecule has 4 aliphatic rings. The van der Waals surface area contributed by atoms with Gasteiger partial charge in [0.15, 0.2) is 11.6 Å². The fourth-order valence-corrected chi connectivity index (χ4v) is 15.8. The molecule has 4 aliphatic heterocycles. The standard InChI is InChI=1S/C21H20Cl2N2O2.C21H18ClF3N2O2.C20H17ClF2N2O2.C20H19ClN2O2/c1-12(2)27-21(26)25-10-9-16-17-11-15(23)7-8-18(17)24-19(16)20(25)13-3-5-14(22)6-4-13;1-2-29-20(28)27-9-8-15-16-11-14(22)6-7-17(16)26-18(15)19(27)12-4-3-5-13(10-12)21(23,24)25;1-2-27-20(26)25-8-7-13-14-10-12(21)4-6-17(14)24-18(13)19(25)11-3-5-15(22)16(23)9-11;1-2-25-20(24)23-11-10-15-16-12-14(21)8-9-17(16)22-18(15)19(23)13-6-4-3-5-7-13/h3-8,11-12,20,24H,9-10H2,1-2H3;3-7,10-11,19,26H,2,8-9H2,1H3;3-6,9-10,19,24H,2,7-8H2,1H3;3-9,12,19,22H,2,10-11H2,1H3. The highest BCUT2D eigenvalue weighted by Gasteiger charge is 2.41. The smallest absolute Gasteiger partial charge is 0.416 e. The number of nitrogens with one attached hydrogen (secondary N) is 4. The van der Waals surface area contributed by atoms with Crippen molar-refractivity contribution in [1.82, 2.24) is 39.5 Å². The van der Waals surface area contributed by atoms with E-state index in [0.717, 1.165) is 125 Å². The number of hydrogen-bond acceptors (Lipinski definition) is 8. The first kappa shape index (κ1) is 76.3. The highest BCUT2D eigenvalue weighted by Crippen LogP contribution is 2.46. The van der Waals surface area contributed by atoms with Crippen LogP contribution in [0.25, 0.3) is 43.6 Å². The molecule has 4 unspecified atom stereocenters. The lowest BCUT2D eigenvalue weighted by atomic mass is 9.92. The fourth-order valence-electron chi connectivity index (χ4n) is 15.0. The van der Waals surface area contributed by atoms with Gasteiger partial charge in [-0.1, -0.05) is 119 Å². The van der Waals surface area contributed by atoms with Crippen LogP contribution < -0.4 is 0 Å². The second-order valence-corrected chi connectivity index (χ2v) is 28.7. The predicted octanol–water partition coefficient (Wildman–Crippen LogP) is 22.0. The van der Waals surface area contributed by atoms with Crippen molar-refractivity contribution < 1.29 is 60.1 Å². The molecular formula is C82H74Cl5F5N8O8. The SMILES string of the molecule is CC(C)OC(=O)N1CCc2c([nH]c3ccc(Cl)cc23)C1c1ccc(Cl)cc1.CCOC(=O)N1CCc2c([nH]c3ccc(Cl)cc23)C1c1ccc(F)c(F)c1.CCOC(=O)N1CCc2c([nH]c3ccc(Cl)cc23)C1c1cccc(C(F)(F)F)c1.CCOC(=O)N1CCc2c([nH]c3ccc(Cl)cc23)C1c1ccccc1. The second kappa shape index (κ2) is 32.5. The van der Waals surface area contributed by atoms with Crippen molar-refractivity contribution in [3.05, 3.63) is 279 Å². The number of carbonyl (C=O) groups is 4. The van der Waals surface area contributed by atoms with E-state index >= 15 is 0 Å². The molecule has 16 rings (SSSR count). The van der Waals surface area contributed by atoms with Crippen LogP contribution in [0.1, 0.15) is 132 Å². The van der Waals surface area contributed by atoms with Gasteiger partial charge in [0.25, 0.3) is 0 Å². The monoisotopic (exact) mass is 1570 g/mol. The Morgan fingerprint density at radius 1 is 0.398 bits per heavy atom. The molecule has 4 amide bonds. The lowest BCUT2D eigenvalue weighted by Crippen LogP contribution is -2.41. The number of H-pyrrole nitrogens is 4. The molecular weight excluding hydrogens is 1500 g/mol. The minimum atomic E-state index is -4.48. The molecule has 26 heteroatoms. The third-order valence-electron chi connectivity index (χ3n) is 19.5. The zero-order chi connectivity index (χ0) is 76.4. The van der Waals surface area contributed by atoms with Gasteiger partial charge in [0, 0.05) is 118 Å². The third-order valence-corrected chi connectivity index (χ3v) is 20.7. The van der Waals surface area contributed by atoms with Crippen molar-refractivity contribution in [2.45, 2.75) is 96.7 Å². The number of hydrogen-bond donors (Lipinski definition) is 4. The lowest BCUT2D eigenvalue weighted by Gasteiger charge is -2.35. The molecule has 0 bridgehead atoms. The van der Waals surface area contributed by atoms with Gasteiger partial charge in [-0.05, 0) is 214 Å². The summed E-state index contributed by atoms with van der Waals surface area (Å²) in [5.74, 6) is -1.89. The van der Waals surface area contributed by atoms with Crippen LogP contribution in [-0.2, 0) is 50.8 Å². The largest absolute Gasteiger partial charge is 0.450 e. The number of aromatic nitrogens is 4. The molecule has 0 radical (unpaired) electrons. The van der Waals surface area contributed by atoms with E-state index < -0.39 is 47.6 Å². The normalized spacial score (nSPS) is 16.6. The van der Waals surface area contributed by atoms with Gasteiger partial charge in [0.05, 0.1) is 31.5 Å². The Morgan fingerprint density at radius 3 is 1.07 bits per heavy atom. The number of alkyl halides is 3. The molecule has 0 aliphatic carbocycles. The summed E-state index contributed by atoms with van der Waals surface area (Å²) in [6, 6.07) is 47.2. The zero-order valence-electron chi connectivity index (χ0n) is 59.2. The number of fused-ring (bicyclic) bond motifs is 12. The molecule has 0 fully saturated rings. The molecule has 8 aromatic carbocycles. The van der Waals surface area contributed by atoms with Gasteiger partial charge in [-0.3, -0.25) is 19.6 Å². The summed E-state index contributed by atoms with van der Waals surface area (Å²) in [5.41, 5.74) is 13.8. The quantitative estimate of drug-likeness (QED) is 0.0856.